The van der Waals surface area contributed by atoms with Gasteiger partial charge in [-0.25, -0.2) is 0 Å². The molecule has 0 saturated carbocycles. The monoisotopic (exact) mass is 259 g/mol. The van der Waals surface area contributed by atoms with Crippen molar-refractivity contribution in [2.75, 3.05) is 5.73 Å². The molecule has 0 unspecified atom stereocenters. The number of benzene rings is 1. The molecule has 0 aliphatic heterocycles. The molecule has 1 rings (SSSR count). The predicted molar refractivity (Wildman–Crippen MR) is 42.3 cm³/mol. The van der Waals surface area contributed by atoms with Crippen LogP contribution < -0.4 is 10.2 Å². The number of alkyl halides is 3. The second-order valence-corrected chi connectivity index (χ2v) is 4.62. The zero-order chi connectivity index (χ0) is 10.1. The van der Waals surface area contributed by atoms with E-state index in [-0.39, 0.29) is 10.1 Å². The normalized spacial score (nSPS) is 11.7. The van der Waals surface area contributed by atoms with Gasteiger partial charge in [0.1, 0.15) is 0 Å². The van der Waals surface area contributed by atoms with Gasteiger partial charge >= 0.3 is 77.5 Å². The molecule has 0 amide bonds. The maximum absolute atomic E-state index is 12.7. The van der Waals surface area contributed by atoms with Crippen LogP contribution in [0.4, 0.5) is 23.2 Å². The van der Waals surface area contributed by atoms with Crippen LogP contribution in [-0.2, 0) is 0 Å². The van der Waals surface area contributed by atoms with E-state index in [4.69, 9.17) is 5.73 Å². The van der Waals surface area contributed by atoms with E-state index in [1.165, 1.54) is 6.07 Å². The first-order valence-electron chi connectivity index (χ1n) is 3.19. The molecular weight excluding hydrogens is 253 g/mol. The Morgan fingerprint density at radius 1 is 1.23 bits per heavy atom. The number of hydrogen-bond donors (Lipinski definition) is 1. The van der Waals surface area contributed by atoms with Gasteiger partial charge in [-0.2, -0.15) is 0 Å². The van der Waals surface area contributed by atoms with E-state index in [1.54, 1.807) is 0 Å². The molecule has 1 aromatic carbocycles. The summed E-state index contributed by atoms with van der Waals surface area (Å²) in [5, 5.41) is -4.25. The molecule has 1 nitrogen and oxygen atoms in total. The second kappa shape index (κ2) is 3.55. The van der Waals surface area contributed by atoms with Crippen LogP contribution in [0.2, 0.25) is 0 Å². The van der Waals surface area contributed by atoms with Crippen molar-refractivity contribution >= 4 is 25.1 Å². The molecule has 0 aliphatic rings. The average molecular weight is 258 g/mol. The first-order valence-corrected chi connectivity index (χ1v) is 4.90. The van der Waals surface area contributed by atoms with Crippen LogP contribution in [0.15, 0.2) is 18.2 Å². The van der Waals surface area contributed by atoms with Gasteiger partial charge in [0.2, 0.25) is 0 Å². The fourth-order valence-corrected chi connectivity index (χ4v) is 1.89. The zero-order valence-corrected chi connectivity index (χ0v) is 7.94. The Morgan fingerprint density at radius 3 is 2.31 bits per heavy atom. The molecule has 6 heteroatoms. The summed E-state index contributed by atoms with van der Waals surface area (Å²) in [5.74, 6) is -0.802. The van der Waals surface area contributed by atoms with Crippen molar-refractivity contribution in [2.24, 2.45) is 0 Å². The van der Waals surface area contributed by atoms with E-state index in [2.05, 4.69) is 0 Å². The fraction of sp³-hybridized carbons (Fsp3) is 0.143. The van der Waals surface area contributed by atoms with Crippen LogP contribution in [0.25, 0.3) is 0 Å². The molecule has 13 heavy (non-hydrogen) atoms. The van der Waals surface area contributed by atoms with Crippen LogP contribution in [-0.4, -0.2) is 20.0 Å². The predicted octanol–water partition coefficient (Wildman–Crippen LogP) is 1.26. The number of hydrogen-bond acceptors (Lipinski definition) is 1. The molecule has 72 valence electrons. The van der Waals surface area contributed by atoms with Gasteiger partial charge in [-0.15, -0.1) is 0 Å². The molecule has 0 atom stereocenters. The van der Waals surface area contributed by atoms with Crippen LogP contribution in [0.1, 0.15) is 0 Å². The SMILES string of the molecule is Nc1ccc([Se]C(F)(F)F)cc1F. The molecule has 1 aromatic rings. The molecule has 0 bridgehead atoms. The quantitative estimate of drug-likeness (QED) is 0.458. The van der Waals surface area contributed by atoms with E-state index in [0.717, 1.165) is 12.1 Å². The van der Waals surface area contributed by atoms with Crippen LogP contribution >= 0.6 is 0 Å². The summed E-state index contributed by atoms with van der Waals surface area (Å²) in [4.78, 5) is 0. The average Bonchev–Trinajstić information content (AvgIpc) is 1.94. The topological polar surface area (TPSA) is 26.0 Å². The van der Waals surface area contributed by atoms with Crippen molar-refractivity contribution in [3.8, 4) is 0 Å². The first-order chi connectivity index (χ1) is 5.88. The second-order valence-electron chi connectivity index (χ2n) is 2.23. The third-order valence-electron chi connectivity index (χ3n) is 1.21. The molecule has 0 spiro atoms. The van der Waals surface area contributed by atoms with Gasteiger partial charge in [-0.3, -0.25) is 0 Å². The molecule has 0 heterocycles. The Bertz CT molecular complexity index is 310. The molecule has 2 N–H and O–H groups in total. The minimum absolute atomic E-state index is 0.0632. The standard InChI is InChI=1S/C7H5F4NSe/c8-5-3-4(1-2-6(5)12)13-7(9,10)11/h1-3H,12H2. The summed E-state index contributed by atoms with van der Waals surface area (Å²) >= 11 is -1.71. The minimum atomic E-state index is -4.25. The molecule has 0 aromatic heterocycles. The van der Waals surface area contributed by atoms with E-state index < -0.39 is 25.8 Å². The van der Waals surface area contributed by atoms with Crippen molar-refractivity contribution in [1.82, 2.24) is 0 Å². The van der Waals surface area contributed by atoms with Gasteiger partial charge in [0.25, 0.3) is 0 Å². The van der Waals surface area contributed by atoms with E-state index in [9.17, 15) is 17.6 Å². The number of nitrogen functional groups attached to an aromatic ring is 1. The summed E-state index contributed by atoms with van der Waals surface area (Å²) < 4.78 is 48.2. The molecule has 0 radical (unpaired) electrons. The van der Waals surface area contributed by atoms with Gasteiger partial charge in [-0.05, 0) is 0 Å². The Morgan fingerprint density at radius 2 is 1.85 bits per heavy atom. The molecular formula is C7H5F4NSe. The Balaban J connectivity index is 2.86. The van der Waals surface area contributed by atoms with Crippen LogP contribution in [0.5, 0.6) is 0 Å². The summed E-state index contributed by atoms with van der Waals surface area (Å²) in [6.07, 6.45) is 0. The summed E-state index contributed by atoms with van der Waals surface area (Å²) in [5.41, 5.74) is 4.97. The molecule has 0 saturated heterocycles. The Hall–Kier alpha value is -0.741. The van der Waals surface area contributed by atoms with E-state index in [0.29, 0.717) is 0 Å². The van der Waals surface area contributed by atoms with Crippen LogP contribution in [0.3, 0.4) is 0 Å². The van der Waals surface area contributed by atoms with Crippen molar-refractivity contribution in [1.29, 1.82) is 0 Å². The Kier molecular flexibility index (Phi) is 2.83. The van der Waals surface area contributed by atoms with Crippen molar-refractivity contribution in [2.45, 2.75) is 5.07 Å². The van der Waals surface area contributed by atoms with Crippen molar-refractivity contribution < 1.29 is 17.6 Å². The number of halogens is 4. The summed E-state index contributed by atoms with van der Waals surface area (Å²) in [7, 11) is 0. The van der Waals surface area contributed by atoms with Crippen LogP contribution in [0, 0.1) is 5.82 Å². The number of rotatable bonds is 1. The summed E-state index contributed by atoms with van der Waals surface area (Å²) in [6, 6.07) is 3.15. The van der Waals surface area contributed by atoms with Gasteiger partial charge in [-0.1, -0.05) is 0 Å². The van der Waals surface area contributed by atoms with Crippen molar-refractivity contribution in [3.63, 3.8) is 0 Å². The first kappa shape index (κ1) is 10.3. The number of nitrogens with two attached hydrogens (primary N) is 1. The molecule has 0 aliphatic carbocycles. The Labute approximate surface area is 78.1 Å². The molecule has 0 fully saturated rings. The van der Waals surface area contributed by atoms with Gasteiger partial charge in [0, 0.05) is 0 Å². The van der Waals surface area contributed by atoms with Gasteiger partial charge in [0.05, 0.1) is 0 Å². The van der Waals surface area contributed by atoms with Gasteiger partial charge in [0.15, 0.2) is 0 Å². The van der Waals surface area contributed by atoms with Crippen molar-refractivity contribution in [3.05, 3.63) is 24.0 Å². The van der Waals surface area contributed by atoms with E-state index >= 15 is 0 Å². The maximum atomic E-state index is 12.7. The fourth-order valence-electron chi connectivity index (χ4n) is 0.705. The van der Waals surface area contributed by atoms with Gasteiger partial charge < -0.3 is 0 Å². The van der Waals surface area contributed by atoms with E-state index in [1.807, 2.05) is 0 Å². The zero-order valence-electron chi connectivity index (χ0n) is 6.23. The number of anilines is 1. The summed E-state index contributed by atoms with van der Waals surface area (Å²) in [6.45, 7) is 0. The third-order valence-corrected chi connectivity index (χ3v) is 2.72. The third kappa shape index (κ3) is 3.24.